The predicted octanol–water partition coefficient (Wildman–Crippen LogP) is 0.0730. The monoisotopic (exact) mass is 215 g/mol. The van der Waals surface area contributed by atoms with Crippen LogP contribution in [-0.4, -0.2) is 33.9 Å². The van der Waals surface area contributed by atoms with Gasteiger partial charge in [-0.25, -0.2) is 9.97 Å². The molecule has 2 N–H and O–H groups in total. The molecule has 1 aromatic rings. The van der Waals surface area contributed by atoms with Crippen molar-refractivity contribution >= 4 is 23.5 Å². The van der Waals surface area contributed by atoms with E-state index in [-0.39, 0.29) is 11.2 Å². The van der Waals surface area contributed by atoms with Gasteiger partial charge in [0.25, 0.3) is 0 Å². The first kappa shape index (κ1) is 10.6. The molecule has 1 aromatic heterocycles. The maximum absolute atomic E-state index is 10.5. The Bertz CT molecular complexity index is 319. The Morgan fingerprint density at radius 1 is 1.50 bits per heavy atom. The van der Waals surface area contributed by atoms with Crippen molar-refractivity contribution in [2.45, 2.75) is 6.92 Å². The van der Waals surface area contributed by atoms with Crippen molar-refractivity contribution in [1.82, 2.24) is 20.3 Å². The third-order valence-corrected chi connectivity index (χ3v) is 1.51. The molecule has 0 bridgehead atoms. The normalized spacial score (nSPS) is 9.57. The smallest absolute Gasteiger partial charge is 0.227 e. The number of aromatic nitrogens is 3. The Morgan fingerprint density at radius 3 is 2.93 bits per heavy atom. The van der Waals surface area contributed by atoms with Crippen LogP contribution in [0, 0.1) is 0 Å². The number of halogens is 1. The Balaban J connectivity index is 2.28. The molecule has 0 radical (unpaired) electrons. The molecule has 76 valence electrons. The molecular formula is C7H10ClN5O. The Kier molecular flexibility index (Phi) is 4.06. The SMILES string of the molecule is CC(=O)NCCNc1ncnc(Cl)n1. The number of amides is 1. The summed E-state index contributed by atoms with van der Waals surface area (Å²) in [6.07, 6.45) is 1.32. The minimum Gasteiger partial charge on any atom is -0.355 e. The number of rotatable bonds is 4. The highest BCUT2D eigenvalue weighted by atomic mass is 35.5. The summed E-state index contributed by atoms with van der Waals surface area (Å²) in [6, 6.07) is 0. The lowest BCUT2D eigenvalue weighted by Gasteiger charge is -2.04. The first-order valence-corrected chi connectivity index (χ1v) is 4.39. The van der Waals surface area contributed by atoms with E-state index in [0.717, 1.165) is 0 Å². The van der Waals surface area contributed by atoms with E-state index in [9.17, 15) is 4.79 Å². The van der Waals surface area contributed by atoms with E-state index in [1.807, 2.05) is 0 Å². The van der Waals surface area contributed by atoms with E-state index in [1.54, 1.807) is 0 Å². The molecule has 0 aliphatic carbocycles. The van der Waals surface area contributed by atoms with Crippen LogP contribution in [0.5, 0.6) is 0 Å². The first-order valence-electron chi connectivity index (χ1n) is 4.01. The lowest BCUT2D eigenvalue weighted by atomic mass is 10.6. The molecular weight excluding hydrogens is 206 g/mol. The van der Waals surface area contributed by atoms with Crippen LogP contribution < -0.4 is 10.6 Å². The van der Waals surface area contributed by atoms with Crippen LogP contribution in [0.15, 0.2) is 6.33 Å². The number of nitrogens with one attached hydrogen (secondary N) is 2. The average Bonchev–Trinajstić information content (AvgIpc) is 2.12. The van der Waals surface area contributed by atoms with E-state index in [1.165, 1.54) is 13.3 Å². The highest BCUT2D eigenvalue weighted by Gasteiger charge is 1.96. The summed E-state index contributed by atoms with van der Waals surface area (Å²) in [5, 5.41) is 5.64. The molecule has 0 unspecified atom stereocenters. The molecule has 0 fully saturated rings. The van der Waals surface area contributed by atoms with Crippen molar-refractivity contribution in [3.05, 3.63) is 11.6 Å². The largest absolute Gasteiger partial charge is 0.355 e. The molecule has 0 aliphatic rings. The van der Waals surface area contributed by atoms with Crippen molar-refractivity contribution in [3.63, 3.8) is 0 Å². The van der Waals surface area contributed by atoms with Crippen LogP contribution in [-0.2, 0) is 4.79 Å². The standard InChI is InChI=1S/C7H10ClN5O/c1-5(14)9-2-3-10-7-12-4-11-6(8)13-7/h4H,2-3H2,1H3,(H,9,14)(H,10,11,12,13). The van der Waals surface area contributed by atoms with Gasteiger partial charge in [-0.1, -0.05) is 0 Å². The van der Waals surface area contributed by atoms with Crippen molar-refractivity contribution in [3.8, 4) is 0 Å². The zero-order valence-electron chi connectivity index (χ0n) is 7.62. The van der Waals surface area contributed by atoms with E-state index >= 15 is 0 Å². The fraction of sp³-hybridized carbons (Fsp3) is 0.429. The van der Waals surface area contributed by atoms with Crippen LogP contribution in [0.3, 0.4) is 0 Å². The molecule has 6 nitrogen and oxygen atoms in total. The second kappa shape index (κ2) is 5.33. The summed E-state index contributed by atoms with van der Waals surface area (Å²) >= 11 is 5.54. The summed E-state index contributed by atoms with van der Waals surface area (Å²) in [4.78, 5) is 21.8. The summed E-state index contributed by atoms with van der Waals surface area (Å²) in [5.41, 5.74) is 0. The highest BCUT2D eigenvalue weighted by molar-refractivity contribution is 6.28. The first-order chi connectivity index (χ1) is 6.68. The second-order valence-electron chi connectivity index (χ2n) is 2.49. The van der Waals surface area contributed by atoms with Crippen molar-refractivity contribution in [2.24, 2.45) is 0 Å². The molecule has 7 heteroatoms. The minimum atomic E-state index is -0.0690. The predicted molar refractivity (Wildman–Crippen MR) is 52.0 cm³/mol. The fourth-order valence-corrected chi connectivity index (χ4v) is 0.898. The second-order valence-corrected chi connectivity index (χ2v) is 2.83. The van der Waals surface area contributed by atoms with Crippen molar-refractivity contribution in [1.29, 1.82) is 0 Å². The van der Waals surface area contributed by atoms with Gasteiger partial charge in [0.1, 0.15) is 6.33 Å². The van der Waals surface area contributed by atoms with Gasteiger partial charge in [-0.2, -0.15) is 4.98 Å². The quantitative estimate of drug-likeness (QED) is 0.695. The molecule has 14 heavy (non-hydrogen) atoms. The maximum atomic E-state index is 10.5. The molecule has 0 aromatic carbocycles. The van der Waals surface area contributed by atoms with E-state index in [0.29, 0.717) is 19.0 Å². The van der Waals surface area contributed by atoms with Gasteiger partial charge in [0.15, 0.2) is 0 Å². The van der Waals surface area contributed by atoms with Crippen LogP contribution >= 0.6 is 11.6 Å². The Morgan fingerprint density at radius 2 is 2.29 bits per heavy atom. The molecule has 0 saturated carbocycles. The lowest BCUT2D eigenvalue weighted by Crippen LogP contribution is -2.26. The number of anilines is 1. The Hall–Kier alpha value is -1.43. The number of nitrogens with zero attached hydrogens (tertiary/aromatic N) is 3. The zero-order chi connectivity index (χ0) is 10.4. The molecule has 0 saturated heterocycles. The van der Waals surface area contributed by atoms with Crippen LogP contribution in [0.4, 0.5) is 5.95 Å². The average molecular weight is 216 g/mol. The van der Waals surface area contributed by atoms with Crippen LogP contribution in [0.2, 0.25) is 5.28 Å². The third kappa shape index (κ3) is 3.99. The molecule has 1 heterocycles. The van der Waals surface area contributed by atoms with Gasteiger partial charge in [-0.05, 0) is 11.6 Å². The molecule has 0 atom stereocenters. The van der Waals surface area contributed by atoms with Gasteiger partial charge in [-0.3, -0.25) is 4.79 Å². The summed E-state index contributed by atoms with van der Waals surface area (Å²) in [5.74, 6) is 0.329. The Labute approximate surface area is 86.1 Å². The summed E-state index contributed by atoms with van der Waals surface area (Å²) < 4.78 is 0. The molecule has 1 rings (SSSR count). The maximum Gasteiger partial charge on any atom is 0.227 e. The van der Waals surface area contributed by atoms with Crippen molar-refractivity contribution in [2.75, 3.05) is 18.4 Å². The zero-order valence-corrected chi connectivity index (χ0v) is 8.38. The fourth-order valence-electron chi connectivity index (χ4n) is 0.774. The van der Waals surface area contributed by atoms with E-state index in [4.69, 9.17) is 11.6 Å². The number of hydrogen-bond donors (Lipinski definition) is 2. The molecule has 1 amide bonds. The highest BCUT2D eigenvalue weighted by Crippen LogP contribution is 2.00. The summed E-state index contributed by atoms with van der Waals surface area (Å²) in [6.45, 7) is 2.51. The molecule has 0 aliphatic heterocycles. The lowest BCUT2D eigenvalue weighted by molar-refractivity contribution is -0.118. The summed E-state index contributed by atoms with van der Waals surface area (Å²) in [7, 11) is 0. The number of carbonyl (C=O) groups is 1. The van der Waals surface area contributed by atoms with Gasteiger partial charge in [0.05, 0.1) is 0 Å². The van der Waals surface area contributed by atoms with Gasteiger partial charge in [0.2, 0.25) is 17.1 Å². The number of hydrogen-bond acceptors (Lipinski definition) is 5. The number of carbonyl (C=O) groups excluding carboxylic acids is 1. The third-order valence-electron chi connectivity index (χ3n) is 1.32. The van der Waals surface area contributed by atoms with Gasteiger partial charge < -0.3 is 10.6 Å². The van der Waals surface area contributed by atoms with Gasteiger partial charge in [0, 0.05) is 20.0 Å². The van der Waals surface area contributed by atoms with Gasteiger partial charge >= 0.3 is 0 Å². The van der Waals surface area contributed by atoms with E-state index in [2.05, 4.69) is 25.6 Å². The van der Waals surface area contributed by atoms with E-state index < -0.39 is 0 Å². The minimum absolute atomic E-state index is 0.0690. The van der Waals surface area contributed by atoms with Gasteiger partial charge in [-0.15, -0.1) is 0 Å². The molecule has 0 spiro atoms. The van der Waals surface area contributed by atoms with Crippen LogP contribution in [0.25, 0.3) is 0 Å². The van der Waals surface area contributed by atoms with Crippen LogP contribution in [0.1, 0.15) is 6.92 Å². The van der Waals surface area contributed by atoms with Crippen molar-refractivity contribution < 1.29 is 4.79 Å². The topological polar surface area (TPSA) is 79.8 Å².